The molecule has 20 heavy (non-hydrogen) atoms. The number of aryl methyl sites for hydroxylation is 1. The lowest BCUT2D eigenvalue weighted by molar-refractivity contribution is 0.162. The average Bonchev–Trinajstić information content (AvgIpc) is 2.73. The van der Waals surface area contributed by atoms with Gasteiger partial charge in [-0.25, -0.2) is 4.98 Å². The van der Waals surface area contributed by atoms with E-state index < -0.39 is 0 Å². The third-order valence-corrected chi connectivity index (χ3v) is 3.77. The van der Waals surface area contributed by atoms with Crippen molar-refractivity contribution >= 4 is 0 Å². The molecule has 1 aromatic heterocycles. The smallest absolute Gasteiger partial charge is 0.122 e. The van der Waals surface area contributed by atoms with Crippen LogP contribution in [0.15, 0.2) is 12.4 Å². The molecule has 0 spiro atoms. The van der Waals surface area contributed by atoms with Crippen molar-refractivity contribution < 1.29 is 0 Å². The summed E-state index contributed by atoms with van der Waals surface area (Å²) in [5.41, 5.74) is 0.318. The fourth-order valence-electron chi connectivity index (χ4n) is 2.78. The number of imidazole rings is 1. The third-order valence-electron chi connectivity index (χ3n) is 3.77. The van der Waals surface area contributed by atoms with Gasteiger partial charge in [-0.15, -0.1) is 0 Å². The Morgan fingerprint density at radius 2 is 2.15 bits per heavy atom. The standard InChI is InChI=1S/C16H32N4/c1-7-8-16(4,12-18-14(2)3)13-19(5)11-15-17-9-10-20(15)6/h9-10,14,18H,7-8,11-13H2,1-6H3. The summed E-state index contributed by atoms with van der Waals surface area (Å²) >= 11 is 0. The highest BCUT2D eigenvalue weighted by molar-refractivity contribution is 4.91. The Hall–Kier alpha value is -0.870. The van der Waals surface area contributed by atoms with E-state index in [4.69, 9.17) is 0 Å². The zero-order valence-electron chi connectivity index (χ0n) is 14.1. The second-order valence-corrected chi connectivity index (χ2v) is 6.72. The molecule has 0 radical (unpaired) electrons. The van der Waals surface area contributed by atoms with Crippen LogP contribution in [0.4, 0.5) is 0 Å². The summed E-state index contributed by atoms with van der Waals surface area (Å²) in [5, 5.41) is 3.60. The molecule has 4 heteroatoms. The summed E-state index contributed by atoms with van der Waals surface area (Å²) in [6.07, 6.45) is 6.35. The number of aromatic nitrogens is 2. The van der Waals surface area contributed by atoms with Crippen LogP contribution in [0.1, 0.15) is 46.4 Å². The van der Waals surface area contributed by atoms with Crippen molar-refractivity contribution in [2.75, 3.05) is 20.1 Å². The molecule has 0 aliphatic carbocycles. The van der Waals surface area contributed by atoms with E-state index in [1.165, 1.54) is 12.8 Å². The van der Waals surface area contributed by atoms with Gasteiger partial charge in [0.2, 0.25) is 0 Å². The van der Waals surface area contributed by atoms with E-state index in [0.29, 0.717) is 11.5 Å². The van der Waals surface area contributed by atoms with E-state index in [0.717, 1.165) is 25.5 Å². The Kier molecular flexibility index (Phi) is 6.69. The van der Waals surface area contributed by atoms with E-state index in [1.54, 1.807) is 0 Å². The van der Waals surface area contributed by atoms with E-state index in [2.05, 4.69) is 61.6 Å². The molecule has 0 aromatic carbocycles. The maximum Gasteiger partial charge on any atom is 0.122 e. The number of nitrogens with one attached hydrogen (secondary N) is 1. The second kappa shape index (κ2) is 7.79. The zero-order valence-corrected chi connectivity index (χ0v) is 14.1. The van der Waals surface area contributed by atoms with Gasteiger partial charge < -0.3 is 9.88 Å². The van der Waals surface area contributed by atoms with Gasteiger partial charge in [0.05, 0.1) is 6.54 Å². The summed E-state index contributed by atoms with van der Waals surface area (Å²) in [6, 6.07) is 0.547. The minimum atomic E-state index is 0.318. The van der Waals surface area contributed by atoms with Crippen LogP contribution < -0.4 is 5.32 Å². The first-order valence-electron chi connectivity index (χ1n) is 7.74. The Balaban J connectivity index is 2.57. The third kappa shape index (κ3) is 5.63. The van der Waals surface area contributed by atoms with Crippen LogP contribution in [-0.4, -0.2) is 40.6 Å². The molecule has 4 nitrogen and oxygen atoms in total. The van der Waals surface area contributed by atoms with Crippen molar-refractivity contribution in [3.63, 3.8) is 0 Å². The largest absolute Gasteiger partial charge is 0.337 e. The maximum atomic E-state index is 4.41. The van der Waals surface area contributed by atoms with Gasteiger partial charge in [-0.3, -0.25) is 4.90 Å². The molecule has 116 valence electrons. The van der Waals surface area contributed by atoms with Crippen molar-refractivity contribution in [2.24, 2.45) is 12.5 Å². The molecule has 0 aliphatic heterocycles. The molecule has 0 bridgehead atoms. The Bertz CT molecular complexity index is 386. The fourth-order valence-corrected chi connectivity index (χ4v) is 2.78. The predicted octanol–water partition coefficient (Wildman–Crippen LogP) is 2.66. The van der Waals surface area contributed by atoms with Gasteiger partial charge in [0.15, 0.2) is 0 Å². The van der Waals surface area contributed by atoms with Crippen LogP contribution in [0.2, 0.25) is 0 Å². The lowest BCUT2D eigenvalue weighted by atomic mass is 9.84. The first-order valence-corrected chi connectivity index (χ1v) is 7.74. The molecule has 0 saturated carbocycles. The molecule has 1 rings (SSSR count). The van der Waals surface area contributed by atoms with E-state index in [-0.39, 0.29) is 0 Å². The van der Waals surface area contributed by atoms with Crippen LogP contribution in [-0.2, 0) is 13.6 Å². The van der Waals surface area contributed by atoms with Crippen LogP contribution >= 0.6 is 0 Å². The van der Waals surface area contributed by atoms with Crippen LogP contribution in [0.25, 0.3) is 0 Å². The lowest BCUT2D eigenvalue weighted by Crippen LogP contribution is -2.42. The number of rotatable bonds is 9. The zero-order chi connectivity index (χ0) is 15.2. The Morgan fingerprint density at radius 3 is 2.65 bits per heavy atom. The minimum absolute atomic E-state index is 0.318. The van der Waals surface area contributed by atoms with Gasteiger partial charge >= 0.3 is 0 Å². The molecule has 1 aromatic rings. The normalized spacial score (nSPS) is 15.0. The van der Waals surface area contributed by atoms with Crippen molar-refractivity contribution in [1.29, 1.82) is 0 Å². The van der Waals surface area contributed by atoms with Gasteiger partial charge in [-0.1, -0.05) is 34.1 Å². The van der Waals surface area contributed by atoms with E-state index >= 15 is 0 Å². The van der Waals surface area contributed by atoms with Crippen LogP contribution in [0, 0.1) is 5.41 Å². The van der Waals surface area contributed by atoms with Crippen LogP contribution in [0.3, 0.4) is 0 Å². The van der Waals surface area contributed by atoms with Crippen molar-refractivity contribution in [3.05, 3.63) is 18.2 Å². The van der Waals surface area contributed by atoms with Crippen molar-refractivity contribution in [3.8, 4) is 0 Å². The first-order chi connectivity index (χ1) is 9.36. The highest BCUT2D eigenvalue weighted by atomic mass is 15.2. The summed E-state index contributed by atoms with van der Waals surface area (Å²) in [5.74, 6) is 1.13. The molecule has 0 saturated heterocycles. The monoisotopic (exact) mass is 280 g/mol. The number of hydrogen-bond acceptors (Lipinski definition) is 3. The molecule has 0 fully saturated rings. The van der Waals surface area contributed by atoms with Crippen molar-refractivity contribution in [2.45, 2.75) is 53.1 Å². The second-order valence-electron chi connectivity index (χ2n) is 6.72. The number of hydrogen-bond donors (Lipinski definition) is 1. The lowest BCUT2D eigenvalue weighted by Gasteiger charge is -2.34. The Morgan fingerprint density at radius 1 is 1.45 bits per heavy atom. The fraction of sp³-hybridized carbons (Fsp3) is 0.812. The summed E-state index contributed by atoms with van der Waals surface area (Å²) in [6.45, 7) is 12.2. The Labute approximate surface area is 124 Å². The van der Waals surface area contributed by atoms with Crippen LogP contribution in [0.5, 0.6) is 0 Å². The minimum Gasteiger partial charge on any atom is -0.337 e. The van der Waals surface area contributed by atoms with Gasteiger partial charge in [0, 0.05) is 38.6 Å². The molecule has 1 N–H and O–H groups in total. The first kappa shape index (κ1) is 17.2. The van der Waals surface area contributed by atoms with Gasteiger partial charge in [0.25, 0.3) is 0 Å². The molecular weight excluding hydrogens is 248 g/mol. The highest BCUT2D eigenvalue weighted by Gasteiger charge is 2.25. The molecule has 0 amide bonds. The topological polar surface area (TPSA) is 33.1 Å². The maximum absolute atomic E-state index is 4.41. The van der Waals surface area contributed by atoms with Gasteiger partial charge in [0.1, 0.15) is 5.82 Å². The molecule has 1 atom stereocenters. The SMILES string of the molecule is CCCC(C)(CNC(C)C)CN(C)Cc1nccn1C. The average molecular weight is 280 g/mol. The number of nitrogens with zero attached hydrogens (tertiary/aromatic N) is 3. The van der Waals surface area contributed by atoms with Gasteiger partial charge in [-0.05, 0) is 18.9 Å². The summed E-state index contributed by atoms with van der Waals surface area (Å²) in [4.78, 5) is 6.80. The molecule has 1 unspecified atom stereocenters. The quantitative estimate of drug-likeness (QED) is 0.755. The van der Waals surface area contributed by atoms with Crippen molar-refractivity contribution in [1.82, 2.24) is 19.8 Å². The summed E-state index contributed by atoms with van der Waals surface area (Å²) in [7, 11) is 4.25. The van der Waals surface area contributed by atoms with Gasteiger partial charge in [-0.2, -0.15) is 0 Å². The molecule has 1 heterocycles. The molecule has 0 aliphatic rings. The molecular formula is C16H32N4. The van der Waals surface area contributed by atoms with E-state index in [9.17, 15) is 0 Å². The van der Waals surface area contributed by atoms with E-state index in [1.807, 2.05) is 12.4 Å². The highest BCUT2D eigenvalue weighted by Crippen LogP contribution is 2.24. The predicted molar refractivity (Wildman–Crippen MR) is 85.7 cm³/mol. The summed E-state index contributed by atoms with van der Waals surface area (Å²) < 4.78 is 2.10.